The van der Waals surface area contributed by atoms with Gasteiger partial charge in [-0.15, -0.1) is 0 Å². The molecule has 8 nitrogen and oxygen atoms in total. The topological polar surface area (TPSA) is 106 Å². The zero-order chi connectivity index (χ0) is 24.7. The Hall–Kier alpha value is -4.53. The minimum absolute atomic E-state index is 0.215. The third kappa shape index (κ3) is 6.26. The predicted octanol–water partition coefficient (Wildman–Crippen LogP) is 3.84. The van der Waals surface area contributed by atoms with Crippen LogP contribution in [0.5, 0.6) is 11.5 Å². The summed E-state index contributed by atoms with van der Waals surface area (Å²) in [6, 6.07) is 16.7. The Labute approximate surface area is 195 Å². The summed E-state index contributed by atoms with van der Waals surface area (Å²) in [4.78, 5) is 36.4. The summed E-state index contributed by atoms with van der Waals surface area (Å²) in [5, 5.41) is 6.26. The fourth-order valence-corrected chi connectivity index (χ4v) is 2.80. The van der Waals surface area contributed by atoms with Crippen molar-refractivity contribution in [1.82, 2.24) is 5.43 Å². The van der Waals surface area contributed by atoms with E-state index in [9.17, 15) is 18.8 Å². The Bertz CT molecular complexity index is 1240. The lowest BCUT2D eigenvalue weighted by Gasteiger charge is -2.11. The minimum Gasteiger partial charge on any atom is -0.493 e. The van der Waals surface area contributed by atoms with E-state index in [0.29, 0.717) is 16.8 Å². The molecular formula is C25H22FN3O5. The second kappa shape index (κ2) is 10.9. The van der Waals surface area contributed by atoms with Crippen LogP contribution in [0.4, 0.5) is 10.1 Å². The van der Waals surface area contributed by atoms with Crippen molar-refractivity contribution in [3.63, 3.8) is 0 Å². The molecule has 0 aliphatic heterocycles. The van der Waals surface area contributed by atoms with Crippen LogP contribution in [-0.4, -0.2) is 30.6 Å². The van der Waals surface area contributed by atoms with Crippen LogP contribution in [0.15, 0.2) is 71.8 Å². The van der Waals surface area contributed by atoms with Gasteiger partial charge in [0, 0.05) is 11.3 Å². The van der Waals surface area contributed by atoms with Crippen LogP contribution in [0.3, 0.4) is 0 Å². The smallest absolute Gasteiger partial charge is 0.343 e. The van der Waals surface area contributed by atoms with E-state index in [0.717, 1.165) is 17.7 Å². The Morgan fingerprint density at radius 1 is 0.853 bits per heavy atom. The highest BCUT2D eigenvalue weighted by Gasteiger charge is 2.15. The van der Waals surface area contributed by atoms with Crippen molar-refractivity contribution in [1.29, 1.82) is 0 Å². The van der Waals surface area contributed by atoms with E-state index >= 15 is 0 Å². The number of carbonyl (C=O) groups is 3. The van der Waals surface area contributed by atoms with Gasteiger partial charge in [-0.1, -0.05) is 17.7 Å². The van der Waals surface area contributed by atoms with E-state index in [-0.39, 0.29) is 17.2 Å². The van der Waals surface area contributed by atoms with Crippen molar-refractivity contribution in [2.24, 2.45) is 5.10 Å². The Balaban J connectivity index is 1.65. The summed E-state index contributed by atoms with van der Waals surface area (Å²) in [7, 11) is 1.43. The monoisotopic (exact) mass is 463 g/mol. The number of esters is 1. The van der Waals surface area contributed by atoms with Gasteiger partial charge in [0.05, 0.1) is 18.4 Å². The SMILES string of the molecule is COc1cc(/C(C)=N/NC(=O)C(=O)Nc2ccc(F)cc2)ccc1OC(=O)c1ccc(C)cc1. The second-order valence-electron chi connectivity index (χ2n) is 7.22. The van der Waals surface area contributed by atoms with Gasteiger partial charge >= 0.3 is 17.8 Å². The van der Waals surface area contributed by atoms with Crippen LogP contribution in [0.25, 0.3) is 0 Å². The quantitative estimate of drug-likeness (QED) is 0.190. The van der Waals surface area contributed by atoms with E-state index < -0.39 is 23.6 Å². The molecule has 0 atom stereocenters. The van der Waals surface area contributed by atoms with E-state index in [4.69, 9.17) is 9.47 Å². The molecule has 0 unspecified atom stereocenters. The normalized spacial score (nSPS) is 10.9. The van der Waals surface area contributed by atoms with Gasteiger partial charge in [-0.3, -0.25) is 9.59 Å². The second-order valence-corrected chi connectivity index (χ2v) is 7.22. The van der Waals surface area contributed by atoms with Crippen LogP contribution < -0.4 is 20.2 Å². The molecule has 0 aromatic heterocycles. The van der Waals surface area contributed by atoms with E-state index in [1.54, 1.807) is 37.3 Å². The summed E-state index contributed by atoms with van der Waals surface area (Å²) in [6.45, 7) is 3.53. The maximum atomic E-state index is 12.9. The summed E-state index contributed by atoms with van der Waals surface area (Å²) < 4.78 is 23.7. The first-order chi connectivity index (χ1) is 16.3. The van der Waals surface area contributed by atoms with Gasteiger partial charge in [0.1, 0.15) is 5.82 Å². The fourth-order valence-electron chi connectivity index (χ4n) is 2.80. The lowest BCUT2D eigenvalue weighted by molar-refractivity contribution is -0.136. The fraction of sp³-hybridized carbons (Fsp3) is 0.120. The number of halogens is 1. The number of methoxy groups -OCH3 is 1. The average Bonchev–Trinajstić information content (AvgIpc) is 2.84. The Morgan fingerprint density at radius 3 is 2.15 bits per heavy atom. The molecule has 3 aromatic carbocycles. The molecule has 0 saturated heterocycles. The van der Waals surface area contributed by atoms with Crippen LogP contribution in [0.2, 0.25) is 0 Å². The molecule has 2 amide bonds. The predicted molar refractivity (Wildman–Crippen MR) is 125 cm³/mol. The number of nitrogens with zero attached hydrogens (tertiary/aromatic N) is 1. The number of hydrazone groups is 1. The lowest BCUT2D eigenvalue weighted by Crippen LogP contribution is -2.32. The van der Waals surface area contributed by atoms with Crippen molar-refractivity contribution in [2.75, 3.05) is 12.4 Å². The molecule has 0 fully saturated rings. The number of benzene rings is 3. The molecule has 34 heavy (non-hydrogen) atoms. The molecule has 174 valence electrons. The van der Waals surface area contributed by atoms with Crippen molar-refractivity contribution < 1.29 is 28.2 Å². The van der Waals surface area contributed by atoms with Crippen LogP contribution in [-0.2, 0) is 9.59 Å². The van der Waals surface area contributed by atoms with Gasteiger partial charge < -0.3 is 14.8 Å². The molecule has 0 aliphatic rings. The average molecular weight is 463 g/mol. The molecule has 3 rings (SSSR count). The molecule has 0 saturated carbocycles. The maximum absolute atomic E-state index is 12.9. The molecule has 0 spiro atoms. The maximum Gasteiger partial charge on any atom is 0.343 e. The molecular weight excluding hydrogens is 441 g/mol. The van der Waals surface area contributed by atoms with Gasteiger partial charge in [0.25, 0.3) is 0 Å². The first kappa shape index (κ1) is 24.1. The number of nitrogens with one attached hydrogen (secondary N) is 2. The van der Waals surface area contributed by atoms with Gasteiger partial charge in [-0.25, -0.2) is 14.6 Å². The van der Waals surface area contributed by atoms with E-state index in [1.165, 1.54) is 19.2 Å². The van der Waals surface area contributed by atoms with Gasteiger partial charge in [-0.05, 0) is 68.4 Å². The van der Waals surface area contributed by atoms with Crippen molar-refractivity contribution >= 4 is 29.2 Å². The number of hydrogen-bond acceptors (Lipinski definition) is 6. The summed E-state index contributed by atoms with van der Waals surface area (Å²) >= 11 is 0. The number of rotatable bonds is 6. The number of ether oxygens (including phenoxy) is 2. The van der Waals surface area contributed by atoms with E-state index in [2.05, 4.69) is 15.8 Å². The molecule has 0 bridgehead atoms. The number of carbonyl (C=O) groups excluding carboxylic acids is 3. The highest BCUT2D eigenvalue weighted by molar-refractivity contribution is 6.39. The minimum atomic E-state index is -1.00. The number of amides is 2. The number of hydrogen-bond donors (Lipinski definition) is 2. The van der Waals surface area contributed by atoms with Gasteiger partial charge in [-0.2, -0.15) is 5.10 Å². The zero-order valence-corrected chi connectivity index (χ0v) is 18.7. The third-order valence-corrected chi connectivity index (χ3v) is 4.70. The number of aryl methyl sites for hydroxylation is 1. The standard InChI is InChI=1S/C25H22FN3O5/c1-15-4-6-17(7-5-15)25(32)34-21-13-8-18(14-22(21)33-3)16(2)28-29-24(31)23(30)27-20-11-9-19(26)10-12-20/h4-14H,1-3H3,(H,27,30)(H,29,31)/b28-16+. The zero-order valence-electron chi connectivity index (χ0n) is 18.7. The molecule has 0 aliphatic carbocycles. The van der Waals surface area contributed by atoms with Crippen molar-refractivity contribution in [3.8, 4) is 11.5 Å². The number of anilines is 1. The third-order valence-electron chi connectivity index (χ3n) is 4.70. The van der Waals surface area contributed by atoms with E-state index in [1.807, 2.05) is 19.1 Å². The Morgan fingerprint density at radius 2 is 1.50 bits per heavy atom. The first-order valence-corrected chi connectivity index (χ1v) is 10.1. The molecule has 0 heterocycles. The molecule has 0 radical (unpaired) electrons. The lowest BCUT2D eigenvalue weighted by atomic mass is 10.1. The van der Waals surface area contributed by atoms with Crippen molar-refractivity contribution in [3.05, 3.63) is 89.2 Å². The molecule has 3 aromatic rings. The summed E-state index contributed by atoms with van der Waals surface area (Å²) in [5.74, 6) is -2.46. The van der Waals surface area contributed by atoms with Crippen LogP contribution >= 0.6 is 0 Å². The van der Waals surface area contributed by atoms with Crippen molar-refractivity contribution in [2.45, 2.75) is 13.8 Å². The van der Waals surface area contributed by atoms with Gasteiger partial charge in [0.2, 0.25) is 0 Å². The van der Waals surface area contributed by atoms with Crippen LogP contribution in [0.1, 0.15) is 28.4 Å². The summed E-state index contributed by atoms with van der Waals surface area (Å²) in [5.41, 5.74) is 4.78. The highest BCUT2D eigenvalue weighted by Crippen LogP contribution is 2.29. The molecule has 9 heteroatoms. The highest BCUT2D eigenvalue weighted by atomic mass is 19.1. The van der Waals surface area contributed by atoms with Crippen LogP contribution in [0, 0.1) is 12.7 Å². The largest absolute Gasteiger partial charge is 0.493 e. The first-order valence-electron chi connectivity index (χ1n) is 10.1. The van der Waals surface area contributed by atoms with Gasteiger partial charge in [0.15, 0.2) is 11.5 Å². The molecule has 2 N–H and O–H groups in total. The Kier molecular flexibility index (Phi) is 7.71. The summed E-state index contributed by atoms with van der Waals surface area (Å²) in [6.07, 6.45) is 0.